The molecule has 0 spiro atoms. The van der Waals surface area contributed by atoms with Crippen molar-refractivity contribution in [3.05, 3.63) is 33.3 Å². The van der Waals surface area contributed by atoms with Crippen LogP contribution < -0.4 is 4.72 Å². The Labute approximate surface area is 134 Å². The van der Waals surface area contributed by atoms with Gasteiger partial charge in [0.15, 0.2) is 4.90 Å². The lowest BCUT2D eigenvalue weighted by molar-refractivity contribution is -0.387. The number of ether oxygens (including phenoxy) is 1. The highest BCUT2D eigenvalue weighted by Crippen LogP contribution is 2.26. The Morgan fingerprint density at radius 3 is 2.64 bits per heavy atom. The number of nitro groups is 1. The maximum absolute atomic E-state index is 12.1. The summed E-state index contributed by atoms with van der Waals surface area (Å²) in [5.74, 6) is 0. The second-order valence-corrected chi connectivity index (χ2v) is 6.76. The average Bonchev–Trinajstić information content (AvgIpc) is 2.45. The van der Waals surface area contributed by atoms with Crippen LogP contribution in [0.4, 0.5) is 5.69 Å². The lowest BCUT2D eigenvalue weighted by Crippen LogP contribution is -2.26. The Morgan fingerprint density at radius 1 is 1.32 bits per heavy atom. The van der Waals surface area contributed by atoms with Crippen molar-refractivity contribution < 1.29 is 18.1 Å². The molecule has 7 nitrogen and oxygen atoms in total. The molecule has 0 fully saturated rings. The van der Waals surface area contributed by atoms with Crippen molar-refractivity contribution in [2.45, 2.75) is 31.1 Å². The maximum Gasteiger partial charge on any atom is 0.290 e. The van der Waals surface area contributed by atoms with E-state index in [0.29, 0.717) is 19.6 Å². The van der Waals surface area contributed by atoms with Gasteiger partial charge in [0, 0.05) is 30.8 Å². The van der Waals surface area contributed by atoms with Crippen LogP contribution in [0.25, 0.3) is 0 Å². The Kier molecular flexibility index (Phi) is 7.74. The van der Waals surface area contributed by atoms with E-state index < -0.39 is 25.5 Å². The Bertz CT molecular complexity index is 606. The van der Waals surface area contributed by atoms with E-state index in [-0.39, 0.29) is 11.6 Å². The van der Waals surface area contributed by atoms with E-state index in [1.165, 1.54) is 6.07 Å². The minimum absolute atomic E-state index is 0.106. The summed E-state index contributed by atoms with van der Waals surface area (Å²) in [6, 6.07) is 3.45. The van der Waals surface area contributed by atoms with Crippen LogP contribution in [0.5, 0.6) is 0 Å². The van der Waals surface area contributed by atoms with Crippen molar-refractivity contribution >= 4 is 27.3 Å². The summed E-state index contributed by atoms with van der Waals surface area (Å²) in [5.41, 5.74) is -0.542. The number of sulfonamides is 1. The molecule has 1 aromatic carbocycles. The first-order chi connectivity index (χ1) is 10.4. The smallest absolute Gasteiger partial charge is 0.290 e. The van der Waals surface area contributed by atoms with Gasteiger partial charge < -0.3 is 4.74 Å². The molecule has 0 aliphatic heterocycles. The predicted octanol–water partition coefficient (Wildman–Crippen LogP) is 2.73. The van der Waals surface area contributed by atoms with E-state index in [0.717, 1.165) is 25.0 Å². The van der Waals surface area contributed by atoms with Crippen molar-refractivity contribution in [1.29, 1.82) is 0 Å². The number of unbranched alkanes of at least 4 members (excludes halogenated alkanes) is 1. The van der Waals surface area contributed by atoms with Gasteiger partial charge in [0.25, 0.3) is 5.69 Å². The lowest BCUT2D eigenvalue weighted by Gasteiger charge is -2.08. The molecule has 9 heteroatoms. The van der Waals surface area contributed by atoms with Gasteiger partial charge in [-0.25, -0.2) is 13.1 Å². The summed E-state index contributed by atoms with van der Waals surface area (Å²) in [7, 11) is -3.96. The minimum atomic E-state index is -3.96. The molecule has 0 saturated heterocycles. The number of nitrogens with zero attached hydrogens (tertiary/aromatic N) is 1. The third-order valence-corrected chi connectivity index (χ3v) is 4.55. The zero-order chi connectivity index (χ0) is 16.6. The summed E-state index contributed by atoms with van der Waals surface area (Å²) in [5, 5.41) is 11.0. The predicted molar refractivity (Wildman–Crippen MR) is 83.6 cm³/mol. The van der Waals surface area contributed by atoms with Gasteiger partial charge >= 0.3 is 0 Å². The molecule has 0 bridgehead atoms. The molecule has 0 radical (unpaired) electrons. The highest BCUT2D eigenvalue weighted by Gasteiger charge is 2.25. The van der Waals surface area contributed by atoms with Crippen molar-refractivity contribution in [3.63, 3.8) is 0 Å². The molecule has 0 aromatic heterocycles. The van der Waals surface area contributed by atoms with E-state index >= 15 is 0 Å². The third-order valence-electron chi connectivity index (χ3n) is 2.81. The SMILES string of the molecule is CCCCOCCCNS(=O)(=O)c1ccc(Cl)cc1[N+](=O)[O-]. The highest BCUT2D eigenvalue weighted by molar-refractivity contribution is 7.89. The topological polar surface area (TPSA) is 98.5 Å². The van der Waals surface area contributed by atoms with Crippen molar-refractivity contribution in [1.82, 2.24) is 4.72 Å². The Balaban J connectivity index is 2.62. The van der Waals surface area contributed by atoms with Gasteiger partial charge in [0.2, 0.25) is 10.0 Å². The molecule has 22 heavy (non-hydrogen) atoms. The molecule has 0 amide bonds. The highest BCUT2D eigenvalue weighted by atomic mass is 35.5. The van der Waals surface area contributed by atoms with E-state index in [4.69, 9.17) is 16.3 Å². The van der Waals surface area contributed by atoms with Crippen LogP contribution in [0.15, 0.2) is 23.1 Å². The zero-order valence-electron chi connectivity index (χ0n) is 12.2. The Morgan fingerprint density at radius 2 is 2.00 bits per heavy atom. The normalized spacial score (nSPS) is 11.5. The van der Waals surface area contributed by atoms with Gasteiger partial charge in [-0.15, -0.1) is 0 Å². The monoisotopic (exact) mass is 350 g/mol. The fourth-order valence-corrected chi connectivity index (χ4v) is 3.06. The first-order valence-electron chi connectivity index (χ1n) is 6.90. The number of rotatable bonds is 10. The lowest BCUT2D eigenvalue weighted by atomic mass is 10.3. The van der Waals surface area contributed by atoms with Crippen LogP contribution in [0, 0.1) is 10.1 Å². The number of nitrogens with one attached hydrogen (secondary N) is 1. The minimum Gasteiger partial charge on any atom is -0.381 e. The zero-order valence-corrected chi connectivity index (χ0v) is 13.8. The molecule has 0 saturated carbocycles. The quantitative estimate of drug-likeness (QED) is 0.397. The van der Waals surface area contributed by atoms with Crippen LogP contribution in [-0.4, -0.2) is 33.1 Å². The van der Waals surface area contributed by atoms with Gasteiger partial charge in [-0.3, -0.25) is 10.1 Å². The molecule has 124 valence electrons. The van der Waals surface area contributed by atoms with Crippen LogP contribution in [0.3, 0.4) is 0 Å². The van der Waals surface area contributed by atoms with Crippen molar-refractivity contribution in [2.75, 3.05) is 19.8 Å². The number of nitro benzene ring substituents is 1. The molecule has 1 aromatic rings. The molecule has 1 rings (SSSR count). The van der Waals surface area contributed by atoms with Gasteiger partial charge in [-0.2, -0.15) is 0 Å². The molecule has 0 atom stereocenters. The van der Waals surface area contributed by atoms with Crippen LogP contribution in [0.1, 0.15) is 26.2 Å². The van der Waals surface area contributed by atoms with E-state index in [9.17, 15) is 18.5 Å². The van der Waals surface area contributed by atoms with Gasteiger partial charge in [0.1, 0.15) is 0 Å². The molecule has 0 aliphatic carbocycles. The van der Waals surface area contributed by atoms with Gasteiger partial charge in [-0.05, 0) is 25.0 Å². The van der Waals surface area contributed by atoms with Crippen molar-refractivity contribution in [3.8, 4) is 0 Å². The van der Waals surface area contributed by atoms with E-state index in [1.54, 1.807) is 0 Å². The fourth-order valence-electron chi connectivity index (χ4n) is 1.67. The second kappa shape index (κ2) is 9.04. The third kappa shape index (κ3) is 5.88. The fraction of sp³-hybridized carbons (Fsp3) is 0.538. The van der Waals surface area contributed by atoms with Crippen molar-refractivity contribution in [2.24, 2.45) is 0 Å². The summed E-state index contributed by atoms with van der Waals surface area (Å²) < 4.78 is 31.8. The Hall–Kier alpha value is -1.22. The maximum atomic E-state index is 12.1. The molecule has 1 N–H and O–H groups in total. The summed E-state index contributed by atoms with van der Waals surface area (Å²) in [4.78, 5) is 9.77. The number of halogens is 1. The summed E-state index contributed by atoms with van der Waals surface area (Å²) in [6.45, 7) is 3.28. The summed E-state index contributed by atoms with van der Waals surface area (Å²) in [6.07, 6.45) is 2.49. The van der Waals surface area contributed by atoms with E-state index in [1.807, 2.05) is 0 Å². The van der Waals surface area contributed by atoms with E-state index in [2.05, 4.69) is 11.6 Å². The van der Waals surface area contributed by atoms with Gasteiger partial charge in [-0.1, -0.05) is 24.9 Å². The first kappa shape index (κ1) is 18.8. The first-order valence-corrected chi connectivity index (χ1v) is 8.76. The molecule has 0 heterocycles. The molecule has 0 unspecified atom stereocenters. The van der Waals surface area contributed by atoms with Crippen LogP contribution in [-0.2, 0) is 14.8 Å². The average molecular weight is 351 g/mol. The number of benzene rings is 1. The van der Waals surface area contributed by atoms with Crippen LogP contribution >= 0.6 is 11.6 Å². The largest absolute Gasteiger partial charge is 0.381 e. The molecule has 0 aliphatic rings. The van der Waals surface area contributed by atoms with Crippen LogP contribution in [0.2, 0.25) is 5.02 Å². The molecular formula is C13H19ClN2O5S. The standard InChI is InChI=1S/C13H19ClN2O5S/c1-2-3-8-21-9-4-7-15-22(19,20)13-6-5-11(14)10-12(13)16(17)18/h5-6,10,15H,2-4,7-9H2,1H3. The molecular weight excluding hydrogens is 332 g/mol. The number of hydrogen-bond acceptors (Lipinski definition) is 5. The van der Waals surface area contributed by atoms with Gasteiger partial charge in [0.05, 0.1) is 4.92 Å². The summed E-state index contributed by atoms with van der Waals surface area (Å²) >= 11 is 5.66. The second-order valence-electron chi connectivity index (χ2n) is 4.59. The number of hydrogen-bond donors (Lipinski definition) is 1.